The Hall–Kier alpha value is -2.62. The SMILES string of the molecule is CCc1ccc(NC(=O)c2cccc(C(=O)NC3CCCC3)c2)cc1. The van der Waals surface area contributed by atoms with Crippen LogP contribution in [0.15, 0.2) is 48.5 Å². The Balaban J connectivity index is 1.66. The van der Waals surface area contributed by atoms with Crippen LogP contribution in [0, 0.1) is 0 Å². The molecule has 0 aliphatic heterocycles. The number of hydrogen-bond donors (Lipinski definition) is 2. The second-order valence-corrected chi connectivity index (χ2v) is 6.54. The molecule has 2 amide bonds. The summed E-state index contributed by atoms with van der Waals surface area (Å²) in [4.78, 5) is 24.8. The second kappa shape index (κ2) is 7.97. The minimum atomic E-state index is -0.209. The van der Waals surface area contributed by atoms with Crippen LogP contribution in [0.5, 0.6) is 0 Å². The van der Waals surface area contributed by atoms with Crippen LogP contribution in [0.2, 0.25) is 0 Å². The molecule has 2 aromatic rings. The van der Waals surface area contributed by atoms with Gasteiger partial charge < -0.3 is 10.6 Å². The molecule has 0 saturated heterocycles. The van der Waals surface area contributed by atoms with E-state index < -0.39 is 0 Å². The average molecular weight is 336 g/mol. The lowest BCUT2D eigenvalue weighted by molar-refractivity contribution is 0.0938. The van der Waals surface area contributed by atoms with Crippen molar-refractivity contribution in [1.82, 2.24) is 5.32 Å². The quantitative estimate of drug-likeness (QED) is 0.861. The fourth-order valence-corrected chi connectivity index (χ4v) is 3.17. The van der Waals surface area contributed by atoms with Crippen LogP contribution in [-0.4, -0.2) is 17.9 Å². The zero-order valence-corrected chi connectivity index (χ0v) is 14.5. The Morgan fingerprint density at radius 1 is 0.960 bits per heavy atom. The van der Waals surface area contributed by atoms with Gasteiger partial charge in [-0.1, -0.05) is 38.0 Å². The van der Waals surface area contributed by atoms with Gasteiger partial charge >= 0.3 is 0 Å². The number of anilines is 1. The lowest BCUT2D eigenvalue weighted by atomic mass is 10.1. The van der Waals surface area contributed by atoms with Gasteiger partial charge in [0.05, 0.1) is 0 Å². The molecule has 4 heteroatoms. The highest BCUT2D eigenvalue weighted by atomic mass is 16.2. The molecule has 1 saturated carbocycles. The Bertz CT molecular complexity index is 747. The van der Waals surface area contributed by atoms with Gasteiger partial charge in [0, 0.05) is 22.9 Å². The molecule has 0 spiro atoms. The van der Waals surface area contributed by atoms with Crippen LogP contribution in [0.3, 0.4) is 0 Å². The number of rotatable bonds is 5. The second-order valence-electron chi connectivity index (χ2n) is 6.54. The van der Waals surface area contributed by atoms with Crippen LogP contribution >= 0.6 is 0 Å². The maximum Gasteiger partial charge on any atom is 0.255 e. The van der Waals surface area contributed by atoms with E-state index in [0.717, 1.165) is 24.9 Å². The van der Waals surface area contributed by atoms with E-state index in [4.69, 9.17) is 0 Å². The first-order valence-corrected chi connectivity index (χ1v) is 8.97. The number of carbonyl (C=O) groups excluding carboxylic acids is 2. The normalized spacial score (nSPS) is 14.3. The van der Waals surface area contributed by atoms with Gasteiger partial charge in [0.25, 0.3) is 11.8 Å². The van der Waals surface area contributed by atoms with Crippen LogP contribution in [0.1, 0.15) is 58.9 Å². The molecule has 0 aromatic heterocycles. The summed E-state index contributed by atoms with van der Waals surface area (Å²) in [5, 5.41) is 5.93. The van der Waals surface area contributed by atoms with Crippen LogP contribution in [0.25, 0.3) is 0 Å². The van der Waals surface area contributed by atoms with E-state index in [1.165, 1.54) is 18.4 Å². The van der Waals surface area contributed by atoms with Crippen molar-refractivity contribution in [2.45, 2.75) is 45.1 Å². The first kappa shape index (κ1) is 17.2. The molecule has 3 rings (SSSR count). The number of benzene rings is 2. The number of amides is 2. The maximum atomic E-state index is 12.4. The smallest absolute Gasteiger partial charge is 0.255 e. The van der Waals surface area contributed by atoms with E-state index in [1.807, 2.05) is 24.3 Å². The molecule has 130 valence electrons. The molecule has 1 aliphatic rings. The standard InChI is InChI=1S/C21H24N2O2/c1-2-15-10-12-19(13-11-15)23-21(25)17-7-5-6-16(14-17)20(24)22-18-8-3-4-9-18/h5-7,10-14,18H,2-4,8-9H2,1H3,(H,22,24)(H,23,25). The molecule has 0 bridgehead atoms. The van der Waals surface area contributed by atoms with Crippen molar-refractivity contribution < 1.29 is 9.59 Å². The maximum absolute atomic E-state index is 12.4. The molecule has 0 atom stereocenters. The summed E-state index contributed by atoms with van der Waals surface area (Å²) in [5.41, 5.74) is 2.99. The van der Waals surface area contributed by atoms with E-state index in [9.17, 15) is 9.59 Å². The highest BCUT2D eigenvalue weighted by Gasteiger charge is 2.18. The van der Waals surface area contributed by atoms with Crippen molar-refractivity contribution in [3.05, 3.63) is 65.2 Å². The first-order chi connectivity index (χ1) is 12.2. The molecule has 1 fully saturated rings. The third-order valence-corrected chi connectivity index (χ3v) is 4.70. The van der Waals surface area contributed by atoms with Gasteiger partial charge in [-0.2, -0.15) is 0 Å². The van der Waals surface area contributed by atoms with Gasteiger partial charge in [-0.05, 0) is 55.2 Å². The van der Waals surface area contributed by atoms with E-state index in [-0.39, 0.29) is 17.9 Å². The van der Waals surface area contributed by atoms with Gasteiger partial charge in [-0.3, -0.25) is 9.59 Å². The van der Waals surface area contributed by atoms with Gasteiger partial charge in [-0.15, -0.1) is 0 Å². The van der Waals surface area contributed by atoms with Crippen molar-refractivity contribution in [1.29, 1.82) is 0 Å². The summed E-state index contributed by atoms with van der Waals surface area (Å²) < 4.78 is 0. The lowest BCUT2D eigenvalue weighted by Crippen LogP contribution is -2.32. The van der Waals surface area contributed by atoms with Crippen molar-refractivity contribution in [2.75, 3.05) is 5.32 Å². The molecular weight excluding hydrogens is 312 g/mol. The molecule has 2 N–H and O–H groups in total. The Kier molecular flexibility index (Phi) is 5.49. The van der Waals surface area contributed by atoms with Crippen molar-refractivity contribution in [3.63, 3.8) is 0 Å². The average Bonchev–Trinajstić information content (AvgIpc) is 3.15. The Labute approximate surface area is 148 Å². The summed E-state index contributed by atoms with van der Waals surface area (Å²) in [5.74, 6) is -0.311. The third kappa shape index (κ3) is 4.47. The predicted octanol–water partition coefficient (Wildman–Crippen LogP) is 4.17. The summed E-state index contributed by atoms with van der Waals surface area (Å²) in [6.07, 6.45) is 5.39. The first-order valence-electron chi connectivity index (χ1n) is 8.97. The number of hydrogen-bond acceptors (Lipinski definition) is 2. The molecule has 0 heterocycles. The molecule has 2 aromatic carbocycles. The van der Waals surface area contributed by atoms with E-state index in [2.05, 4.69) is 17.6 Å². The number of nitrogens with one attached hydrogen (secondary N) is 2. The molecular formula is C21H24N2O2. The summed E-state index contributed by atoms with van der Waals surface area (Å²) >= 11 is 0. The highest BCUT2D eigenvalue weighted by Crippen LogP contribution is 2.18. The van der Waals surface area contributed by atoms with Crippen molar-refractivity contribution in [2.24, 2.45) is 0 Å². The third-order valence-electron chi connectivity index (χ3n) is 4.70. The topological polar surface area (TPSA) is 58.2 Å². The van der Waals surface area contributed by atoms with Gasteiger partial charge in [-0.25, -0.2) is 0 Å². The predicted molar refractivity (Wildman–Crippen MR) is 99.9 cm³/mol. The van der Waals surface area contributed by atoms with Crippen molar-refractivity contribution in [3.8, 4) is 0 Å². The zero-order valence-electron chi connectivity index (χ0n) is 14.5. The molecule has 1 aliphatic carbocycles. The zero-order chi connectivity index (χ0) is 17.6. The summed E-state index contributed by atoms with van der Waals surface area (Å²) in [6.45, 7) is 2.09. The lowest BCUT2D eigenvalue weighted by Gasteiger charge is -2.12. The molecule has 25 heavy (non-hydrogen) atoms. The monoisotopic (exact) mass is 336 g/mol. The van der Waals surface area contributed by atoms with Gasteiger partial charge in [0.2, 0.25) is 0 Å². The number of carbonyl (C=O) groups is 2. The van der Waals surface area contributed by atoms with Crippen LogP contribution in [-0.2, 0) is 6.42 Å². The highest BCUT2D eigenvalue weighted by molar-refractivity contribution is 6.06. The Morgan fingerprint density at radius 2 is 1.60 bits per heavy atom. The fourth-order valence-electron chi connectivity index (χ4n) is 3.17. The minimum Gasteiger partial charge on any atom is -0.349 e. The minimum absolute atomic E-state index is 0.103. The molecule has 4 nitrogen and oxygen atoms in total. The molecule has 0 radical (unpaired) electrons. The molecule has 0 unspecified atom stereocenters. The van der Waals surface area contributed by atoms with E-state index in [1.54, 1.807) is 24.3 Å². The van der Waals surface area contributed by atoms with Crippen molar-refractivity contribution >= 4 is 17.5 Å². The largest absolute Gasteiger partial charge is 0.349 e. The van der Waals surface area contributed by atoms with E-state index >= 15 is 0 Å². The van der Waals surface area contributed by atoms with E-state index in [0.29, 0.717) is 11.1 Å². The fraction of sp³-hybridized carbons (Fsp3) is 0.333. The van der Waals surface area contributed by atoms with Crippen LogP contribution in [0.4, 0.5) is 5.69 Å². The number of aryl methyl sites for hydroxylation is 1. The van der Waals surface area contributed by atoms with Gasteiger partial charge in [0.15, 0.2) is 0 Å². The Morgan fingerprint density at radius 3 is 2.24 bits per heavy atom. The van der Waals surface area contributed by atoms with Gasteiger partial charge in [0.1, 0.15) is 0 Å². The summed E-state index contributed by atoms with van der Waals surface area (Å²) in [7, 11) is 0. The summed E-state index contributed by atoms with van der Waals surface area (Å²) in [6, 6.07) is 14.9. The van der Waals surface area contributed by atoms with Crippen LogP contribution < -0.4 is 10.6 Å².